The third kappa shape index (κ3) is 1.96. The van der Waals surface area contributed by atoms with Crippen LogP contribution >= 0.6 is 0 Å². The lowest BCUT2D eigenvalue weighted by molar-refractivity contribution is -0.0820. The molecule has 5 aliphatic rings. The third-order valence-electron chi connectivity index (χ3n) is 9.64. The van der Waals surface area contributed by atoms with Gasteiger partial charge in [-0.15, -0.1) is 0 Å². The van der Waals surface area contributed by atoms with Crippen LogP contribution in [0.2, 0.25) is 0 Å². The van der Waals surface area contributed by atoms with E-state index in [0.717, 1.165) is 25.7 Å². The van der Waals surface area contributed by atoms with Crippen LogP contribution in [0.1, 0.15) is 70.3 Å². The second kappa shape index (κ2) is 5.40. The number of hydrogen-bond donors (Lipinski definition) is 1. The number of allylic oxidation sites excluding steroid dienone is 1. The molecular weight excluding hydrogens is 352 g/mol. The van der Waals surface area contributed by atoms with Crippen LogP contribution in [0.25, 0.3) is 0 Å². The normalized spacial score (nSPS) is 51.4. The predicted molar refractivity (Wildman–Crippen MR) is 105 cm³/mol. The number of fused-ring (bicyclic) bond motifs is 3. The number of hydrogen-bond acceptors (Lipinski definition) is 4. The molecule has 1 aliphatic heterocycles. The Morgan fingerprint density at radius 2 is 1.96 bits per heavy atom. The van der Waals surface area contributed by atoms with E-state index in [1.54, 1.807) is 12.3 Å². The van der Waals surface area contributed by atoms with Gasteiger partial charge in [0.25, 0.3) is 0 Å². The van der Waals surface area contributed by atoms with Crippen LogP contribution in [0.5, 0.6) is 0 Å². The Hall–Kier alpha value is -1.39. The number of epoxide rings is 1. The summed E-state index contributed by atoms with van der Waals surface area (Å²) in [5.41, 5.74) is 2.74. The van der Waals surface area contributed by atoms with Crippen molar-refractivity contribution in [2.24, 2.45) is 22.7 Å². The minimum absolute atomic E-state index is 0.00131. The highest BCUT2D eigenvalue weighted by molar-refractivity contribution is 5.37. The molecule has 1 saturated heterocycles. The Morgan fingerprint density at radius 1 is 1.11 bits per heavy atom. The lowest BCUT2D eigenvalue weighted by Crippen LogP contribution is -2.56. The van der Waals surface area contributed by atoms with Gasteiger partial charge in [-0.3, -0.25) is 0 Å². The standard InChI is InChI=1S/C24H30O4/c1-22-9-7-16(25)11-15(22)4-5-18-17(22)8-10-23(2)19(12-20-24(18,23)28-20)14-3-6-21(26)27-13-14/h3,6,11,13,16-20,25H,4-5,7-10,12H2,1-2H3/t16?,17-,18+,19+,20+,22-,23+,24+/m0/s1. The molecule has 0 radical (unpaired) electrons. The van der Waals surface area contributed by atoms with Crippen molar-refractivity contribution in [2.75, 3.05) is 0 Å². The monoisotopic (exact) mass is 382 g/mol. The summed E-state index contributed by atoms with van der Waals surface area (Å²) in [6, 6.07) is 3.53. The summed E-state index contributed by atoms with van der Waals surface area (Å²) in [5, 5.41) is 10.2. The maximum Gasteiger partial charge on any atom is 0.335 e. The minimum atomic E-state index is -0.272. The van der Waals surface area contributed by atoms with Gasteiger partial charge in [-0.2, -0.15) is 0 Å². The number of aliphatic hydroxyl groups is 1. The first kappa shape index (κ1) is 17.5. The van der Waals surface area contributed by atoms with Gasteiger partial charge in [0.1, 0.15) is 5.60 Å². The Labute approximate surface area is 166 Å². The van der Waals surface area contributed by atoms with Gasteiger partial charge in [0.05, 0.1) is 18.5 Å². The molecule has 28 heavy (non-hydrogen) atoms. The molecule has 6 rings (SSSR count). The average Bonchev–Trinajstić information content (AvgIpc) is 3.33. The fourth-order valence-corrected chi connectivity index (χ4v) is 8.22. The smallest absolute Gasteiger partial charge is 0.335 e. The van der Waals surface area contributed by atoms with Gasteiger partial charge in [-0.05, 0) is 79.7 Å². The zero-order valence-electron chi connectivity index (χ0n) is 16.8. The first-order chi connectivity index (χ1) is 13.4. The second-order valence-corrected chi connectivity index (χ2v) is 10.5. The van der Waals surface area contributed by atoms with Gasteiger partial charge in [0.15, 0.2) is 0 Å². The van der Waals surface area contributed by atoms with Gasteiger partial charge < -0.3 is 14.3 Å². The SMILES string of the molecule is C[C@]12CCC(O)C=C1CC[C@@H]1[C@@H]2CC[C@]2(C)[C@@H](c3ccc(=O)oc3)C[C@H]3O[C@]132. The summed E-state index contributed by atoms with van der Waals surface area (Å²) in [6.45, 7) is 4.89. The number of aliphatic hydroxyl groups excluding tert-OH is 1. The largest absolute Gasteiger partial charge is 0.431 e. The van der Waals surface area contributed by atoms with E-state index in [1.165, 1.54) is 30.4 Å². The van der Waals surface area contributed by atoms with E-state index in [9.17, 15) is 9.90 Å². The molecule has 4 nitrogen and oxygen atoms in total. The molecule has 4 heteroatoms. The Morgan fingerprint density at radius 3 is 2.75 bits per heavy atom. The molecule has 150 valence electrons. The molecule has 1 unspecified atom stereocenters. The first-order valence-electron chi connectivity index (χ1n) is 11.0. The topological polar surface area (TPSA) is 63.0 Å². The highest BCUT2D eigenvalue weighted by Gasteiger charge is 2.80. The molecule has 2 heterocycles. The Bertz CT molecular complexity index is 897. The van der Waals surface area contributed by atoms with Crippen LogP contribution in [-0.2, 0) is 4.74 Å². The van der Waals surface area contributed by atoms with Gasteiger partial charge in [0.2, 0.25) is 0 Å². The Kier molecular flexibility index (Phi) is 3.37. The fraction of sp³-hybridized carbons (Fsp3) is 0.708. The van der Waals surface area contributed by atoms with E-state index in [4.69, 9.17) is 9.15 Å². The second-order valence-electron chi connectivity index (χ2n) is 10.5. The van der Waals surface area contributed by atoms with Crippen molar-refractivity contribution in [1.82, 2.24) is 0 Å². The Balaban J connectivity index is 1.38. The van der Waals surface area contributed by atoms with E-state index in [-0.39, 0.29) is 28.2 Å². The van der Waals surface area contributed by atoms with Crippen LogP contribution in [0.4, 0.5) is 0 Å². The molecule has 1 spiro atoms. The van der Waals surface area contributed by atoms with Crippen LogP contribution < -0.4 is 5.63 Å². The maximum atomic E-state index is 11.4. The highest BCUT2D eigenvalue weighted by Crippen LogP contribution is 2.77. The van der Waals surface area contributed by atoms with Crippen molar-refractivity contribution in [3.63, 3.8) is 0 Å². The summed E-state index contributed by atoms with van der Waals surface area (Å²) < 4.78 is 11.8. The summed E-state index contributed by atoms with van der Waals surface area (Å²) in [7, 11) is 0. The predicted octanol–water partition coefficient (Wildman–Crippen LogP) is 4.18. The van der Waals surface area contributed by atoms with Crippen molar-refractivity contribution in [3.05, 3.63) is 46.0 Å². The zero-order valence-corrected chi connectivity index (χ0v) is 16.8. The lowest BCUT2D eigenvalue weighted by atomic mass is 9.46. The minimum Gasteiger partial charge on any atom is -0.431 e. The van der Waals surface area contributed by atoms with Gasteiger partial charge in [-0.25, -0.2) is 4.79 Å². The molecular formula is C24H30O4. The maximum absolute atomic E-state index is 11.4. The van der Waals surface area contributed by atoms with E-state index >= 15 is 0 Å². The summed E-state index contributed by atoms with van der Waals surface area (Å²) in [4.78, 5) is 11.4. The molecule has 0 aromatic carbocycles. The summed E-state index contributed by atoms with van der Waals surface area (Å²) >= 11 is 0. The zero-order chi connectivity index (χ0) is 19.3. The van der Waals surface area contributed by atoms with Crippen molar-refractivity contribution in [2.45, 2.75) is 82.5 Å². The quantitative estimate of drug-likeness (QED) is 0.585. The fourth-order valence-electron chi connectivity index (χ4n) is 8.22. The van der Waals surface area contributed by atoms with Gasteiger partial charge in [-0.1, -0.05) is 25.5 Å². The summed E-state index contributed by atoms with van der Waals surface area (Å²) in [6.07, 6.45) is 11.7. The first-order valence-corrected chi connectivity index (χ1v) is 11.0. The van der Waals surface area contributed by atoms with E-state index in [1.807, 2.05) is 6.07 Å². The van der Waals surface area contributed by atoms with Crippen LogP contribution in [0.3, 0.4) is 0 Å². The molecule has 1 aromatic heterocycles. The van der Waals surface area contributed by atoms with Gasteiger partial charge >= 0.3 is 5.63 Å². The van der Waals surface area contributed by atoms with E-state index in [0.29, 0.717) is 23.9 Å². The number of ether oxygens (including phenoxy) is 1. The van der Waals surface area contributed by atoms with Crippen molar-refractivity contribution in [3.8, 4) is 0 Å². The molecule has 1 N–H and O–H groups in total. The number of rotatable bonds is 1. The molecule has 0 amide bonds. The van der Waals surface area contributed by atoms with Crippen molar-refractivity contribution in [1.29, 1.82) is 0 Å². The van der Waals surface area contributed by atoms with E-state index < -0.39 is 0 Å². The molecule has 8 atom stereocenters. The molecule has 4 aliphatic carbocycles. The third-order valence-corrected chi connectivity index (χ3v) is 9.64. The molecule has 4 fully saturated rings. The van der Waals surface area contributed by atoms with Crippen LogP contribution in [-0.4, -0.2) is 22.9 Å². The van der Waals surface area contributed by atoms with Crippen LogP contribution in [0, 0.1) is 22.7 Å². The molecule has 1 aromatic rings. The van der Waals surface area contributed by atoms with E-state index in [2.05, 4.69) is 19.9 Å². The average molecular weight is 383 g/mol. The molecule has 0 bridgehead atoms. The van der Waals surface area contributed by atoms with Crippen LogP contribution in [0.15, 0.2) is 39.3 Å². The van der Waals surface area contributed by atoms with Crippen molar-refractivity contribution >= 4 is 0 Å². The summed E-state index contributed by atoms with van der Waals surface area (Å²) in [5.74, 6) is 1.68. The molecule has 3 saturated carbocycles. The van der Waals surface area contributed by atoms with Crippen molar-refractivity contribution < 1.29 is 14.3 Å². The lowest BCUT2D eigenvalue weighted by Gasteiger charge is -2.58. The highest BCUT2D eigenvalue weighted by atomic mass is 16.6. The van der Waals surface area contributed by atoms with Gasteiger partial charge in [0, 0.05) is 11.5 Å².